The van der Waals surface area contributed by atoms with Gasteiger partial charge in [-0.25, -0.2) is 4.98 Å². The molecule has 0 atom stereocenters. The lowest BCUT2D eigenvalue weighted by molar-refractivity contribution is 0.471. The molecule has 0 fully saturated rings. The fraction of sp³-hybridized carbons (Fsp3) is 0.0526. The molecule has 0 amide bonds. The number of fused-ring (bicyclic) bond motifs is 1. The zero-order chi connectivity index (χ0) is 28.3. The molecule has 2 heterocycles. The van der Waals surface area contributed by atoms with E-state index in [1.54, 1.807) is 0 Å². The summed E-state index contributed by atoms with van der Waals surface area (Å²) in [6.45, 7) is 0. The molecule has 42 heavy (non-hydrogen) atoms. The number of rotatable bonds is 7. The van der Waals surface area contributed by atoms with E-state index in [0.29, 0.717) is 6.42 Å². The summed E-state index contributed by atoms with van der Waals surface area (Å²) in [7, 11) is 0. The van der Waals surface area contributed by atoms with Crippen molar-refractivity contribution in [2.24, 2.45) is 0 Å². The maximum absolute atomic E-state index is 11.6. The molecule has 0 aliphatic heterocycles. The van der Waals surface area contributed by atoms with Gasteiger partial charge in [0.25, 0.3) is 0 Å². The monoisotopic (exact) mass is 543 g/mol. The van der Waals surface area contributed by atoms with E-state index >= 15 is 0 Å². The topological polar surface area (TPSA) is 50.9 Å². The van der Waals surface area contributed by atoms with Crippen LogP contribution in [0.2, 0.25) is 0 Å². The number of para-hydroxylation sites is 2. The van der Waals surface area contributed by atoms with Crippen LogP contribution in [0.15, 0.2) is 146 Å². The van der Waals surface area contributed by atoms with Crippen LogP contribution < -0.4 is 0 Å². The van der Waals surface area contributed by atoms with Gasteiger partial charge in [0, 0.05) is 47.2 Å². The molecule has 0 spiro atoms. The second-order valence-electron chi connectivity index (χ2n) is 10.5. The fourth-order valence-corrected chi connectivity index (χ4v) is 5.66. The first-order valence-electron chi connectivity index (χ1n) is 14.1. The first kappa shape index (κ1) is 25.5. The Hall–Kier alpha value is -5.48. The van der Waals surface area contributed by atoms with E-state index in [0.717, 1.165) is 45.7 Å². The predicted octanol–water partition coefficient (Wildman–Crippen LogP) is 8.64. The molecular formula is C38H29N3O. The Bertz CT molecular complexity index is 1930. The summed E-state index contributed by atoms with van der Waals surface area (Å²) in [6, 6.07) is 43.1. The largest absolute Gasteiger partial charge is 0.507 e. The van der Waals surface area contributed by atoms with Gasteiger partial charge in [0.15, 0.2) is 0 Å². The SMILES string of the molecule is Oc1c(Cc2ccccc2Cc2cncc3ccccc23)cccc1-c1cn(-c2ccccc2)c(-c2ccccc2)n1. The van der Waals surface area contributed by atoms with Crippen molar-refractivity contribution in [1.82, 2.24) is 14.5 Å². The first-order chi connectivity index (χ1) is 20.7. The van der Waals surface area contributed by atoms with Gasteiger partial charge in [0.2, 0.25) is 0 Å². The summed E-state index contributed by atoms with van der Waals surface area (Å²) in [4.78, 5) is 9.52. The second kappa shape index (κ2) is 11.2. The summed E-state index contributed by atoms with van der Waals surface area (Å²) in [5.41, 5.74) is 7.94. The molecule has 0 unspecified atom stereocenters. The second-order valence-corrected chi connectivity index (χ2v) is 10.5. The molecule has 5 aromatic carbocycles. The van der Waals surface area contributed by atoms with Crippen molar-refractivity contribution in [3.05, 3.63) is 168 Å². The molecule has 7 aromatic rings. The van der Waals surface area contributed by atoms with Crippen LogP contribution in [0.25, 0.3) is 39.1 Å². The van der Waals surface area contributed by atoms with E-state index < -0.39 is 0 Å². The zero-order valence-corrected chi connectivity index (χ0v) is 23.1. The van der Waals surface area contributed by atoms with Crippen molar-refractivity contribution in [3.8, 4) is 34.1 Å². The number of aromatic nitrogens is 3. The lowest BCUT2D eigenvalue weighted by Crippen LogP contribution is -1.99. The molecule has 0 saturated heterocycles. The van der Waals surface area contributed by atoms with E-state index in [2.05, 4.69) is 76.3 Å². The van der Waals surface area contributed by atoms with Crippen LogP contribution in [0.3, 0.4) is 0 Å². The molecule has 2 aromatic heterocycles. The Kier molecular flexibility index (Phi) is 6.79. The van der Waals surface area contributed by atoms with Gasteiger partial charge in [-0.3, -0.25) is 9.55 Å². The van der Waals surface area contributed by atoms with E-state index in [1.807, 2.05) is 79.3 Å². The molecule has 0 radical (unpaired) electrons. The van der Waals surface area contributed by atoms with Crippen molar-refractivity contribution >= 4 is 10.8 Å². The van der Waals surface area contributed by atoms with E-state index in [9.17, 15) is 5.11 Å². The van der Waals surface area contributed by atoms with Crippen LogP contribution >= 0.6 is 0 Å². The number of imidazole rings is 1. The van der Waals surface area contributed by atoms with Crippen LogP contribution in [0.1, 0.15) is 22.3 Å². The minimum Gasteiger partial charge on any atom is -0.507 e. The number of hydrogen-bond donors (Lipinski definition) is 1. The molecule has 0 aliphatic rings. The summed E-state index contributed by atoms with van der Waals surface area (Å²) in [6.07, 6.45) is 7.27. The lowest BCUT2D eigenvalue weighted by Gasteiger charge is -2.13. The van der Waals surface area contributed by atoms with Crippen molar-refractivity contribution in [3.63, 3.8) is 0 Å². The van der Waals surface area contributed by atoms with Gasteiger partial charge in [-0.2, -0.15) is 0 Å². The molecule has 4 heteroatoms. The van der Waals surface area contributed by atoms with Crippen LogP contribution in [-0.2, 0) is 12.8 Å². The minimum absolute atomic E-state index is 0.261. The predicted molar refractivity (Wildman–Crippen MR) is 170 cm³/mol. The molecule has 7 rings (SSSR count). The number of phenols is 1. The minimum atomic E-state index is 0.261. The third kappa shape index (κ3) is 4.95. The molecule has 202 valence electrons. The molecule has 0 saturated carbocycles. The number of nitrogens with zero attached hydrogens (tertiary/aromatic N) is 3. The third-order valence-corrected chi connectivity index (χ3v) is 7.80. The van der Waals surface area contributed by atoms with Crippen LogP contribution in [0.4, 0.5) is 0 Å². The van der Waals surface area contributed by atoms with Crippen molar-refractivity contribution < 1.29 is 5.11 Å². The van der Waals surface area contributed by atoms with Crippen molar-refractivity contribution in [2.75, 3.05) is 0 Å². The van der Waals surface area contributed by atoms with Gasteiger partial charge < -0.3 is 5.11 Å². The maximum atomic E-state index is 11.6. The molecule has 0 aliphatic carbocycles. The highest BCUT2D eigenvalue weighted by Crippen LogP contribution is 2.36. The van der Waals surface area contributed by atoms with Gasteiger partial charge in [-0.05, 0) is 52.3 Å². The van der Waals surface area contributed by atoms with E-state index in [4.69, 9.17) is 4.98 Å². The van der Waals surface area contributed by atoms with Crippen molar-refractivity contribution in [1.29, 1.82) is 0 Å². The summed E-state index contributed by atoms with van der Waals surface area (Å²) in [5.74, 6) is 1.09. The average Bonchev–Trinajstić information content (AvgIpc) is 3.49. The quantitative estimate of drug-likeness (QED) is 0.219. The highest BCUT2D eigenvalue weighted by Gasteiger charge is 2.18. The lowest BCUT2D eigenvalue weighted by atomic mass is 9.93. The Morgan fingerprint density at radius 2 is 1.21 bits per heavy atom. The third-order valence-electron chi connectivity index (χ3n) is 7.80. The first-order valence-corrected chi connectivity index (χ1v) is 14.1. The normalized spacial score (nSPS) is 11.1. The van der Waals surface area contributed by atoms with Crippen LogP contribution in [0.5, 0.6) is 5.75 Å². The number of hydrogen-bond acceptors (Lipinski definition) is 3. The molecule has 1 N–H and O–H groups in total. The van der Waals surface area contributed by atoms with Crippen molar-refractivity contribution in [2.45, 2.75) is 12.8 Å². The number of phenolic OH excluding ortho intramolecular Hbond substituents is 1. The standard InChI is InChI=1S/C38H29N3O/c42-37-30(22-28-14-7-8-15-29(28)23-32-25-39-24-31-16-9-10-20-34(31)32)17-11-21-35(37)36-26-41(33-18-5-2-6-19-33)38(40-36)27-12-3-1-4-13-27/h1-21,24-26,42H,22-23H2. The average molecular weight is 544 g/mol. The van der Waals surface area contributed by atoms with E-state index in [1.165, 1.54) is 22.1 Å². The van der Waals surface area contributed by atoms with Gasteiger partial charge in [0.05, 0.1) is 5.69 Å². The Morgan fingerprint density at radius 3 is 2.00 bits per heavy atom. The summed E-state index contributed by atoms with van der Waals surface area (Å²) in [5, 5.41) is 14.0. The van der Waals surface area contributed by atoms with Crippen LogP contribution in [-0.4, -0.2) is 19.6 Å². The van der Waals surface area contributed by atoms with E-state index in [-0.39, 0.29) is 5.75 Å². The Morgan fingerprint density at radius 1 is 0.571 bits per heavy atom. The summed E-state index contributed by atoms with van der Waals surface area (Å²) >= 11 is 0. The number of benzene rings is 5. The Balaban J connectivity index is 1.25. The molecular weight excluding hydrogens is 514 g/mol. The smallest absolute Gasteiger partial charge is 0.145 e. The number of aromatic hydroxyl groups is 1. The summed E-state index contributed by atoms with van der Waals surface area (Å²) < 4.78 is 2.09. The highest BCUT2D eigenvalue weighted by molar-refractivity contribution is 5.85. The maximum Gasteiger partial charge on any atom is 0.145 e. The number of pyridine rings is 1. The van der Waals surface area contributed by atoms with Gasteiger partial charge in [-0.15, -0.1) is 0 Å². The van der Waals surface area contributed by atoms with Gasteiger partial charge in [-0.1, -0.05) is 109 Å². The molecule has 0 bridgehead atoms. The van der Waals surface area contributed by atoms with Crippen LogP contribution in [0, 0.1) is 0 Å². The highest BCUT2D eigenvalue weighted by atomic mass is 16.3. The zero-order valence-electron chi connectivity index (χ0n) is 23.1. The van der Waals surface area contributed by atoms with Gasteiger partial charge >= 0.3 is 0 Å². The molecule has 4 nitrogen and oxygen atoms in total. The fourth-order valence-electron chi connectivity index (χ4n) is 5.66. The Labute approximate surface area is 245 Å². The van der Waals surface area contributed by atoms with Gasteiger partial charge in [0.1, 0.15) is 11.6 Å².